The minimum atomic E-state index is -0.840. The SMILES string of the molecule is CCCOc1ccc(C(=O)N2CCC[C@H](C(=O)O)C2)cc1OCCC. The number of rotatable bonds is 8. The van der Waals surface area contributed by atoms with Crippen LogP contribution in [0, 0.1) is 5.92 Å². The third-order valence-corrected chi connectivity index (χ3v) is 4.17. The molecular formula is C19H27NO5. The molecule has 1 N–H and O–H groups in total. The van der Waals surface area contributed by atoms with Crippen LogP contribution in [0.15, 0.2) is 18.2 Å². The van der Waals surface area contributed by atoms with Crippen LogP contribution in [-0.2, 0) is 4.79 Å². The van der Waals surface area contributed by atoms with Gasteiger partial charge in [0.05, 0.1) is 19.1 Å². The maximum atomic E-state index is 12.8. The minimum absolute atomic E-state index is 0.158. The number of ether oxygens (including phenoxy) is 2. The summed E-state index contributed by atoms with van der Waals surface area (Å²) in [5, 5.41) is 9.19. The number of piperidine rings is 1. The number of hydrogen-bond donors (Lipinski definition) is 1. The van der Waals surface area contributed by atoms with Crippen molar-refractivity contribution in [3.63, 3.8) is 0 Å². The van der Waals surface area contributed by atoms with Crippen molar-refractivity contribution in [2.45, 2.75) is 39.5 Å². The van der Waals surface area contributed by atoms with Crippen molar-refractivity contribution in [3.05, 3.63) is 23.8 Å². The van der Waals surface area contributed by atoms with E-state index in [1.807, 2.05) is 13.8 Å². The van der Waals surface area contributed by atoms with Crippen LogP contribution in [0.25, 0.3) is 0 Å². The molecule has 0 aliphatic carbocycles. The molecule has 0 radical (unpaired) electrons. The molecule has 1 aliphatic rings. The van der Waals surface area contributed by atoms with Crippen LogP contribution >= 0.6 is 0 Å². The predicted octanol–water partition coefficient (Wildman–Crippen LogP) is 3.20. The Morgan fingerprint density at radius 3 is 2.48 bits per heavy atom. The zero-order valence-electron chi connectivity index (χ0n) is 15.0. The van der Waals surface area contributed by atoms with E-state index in [0.29, 0.717) is 49.7 Å². The Kier molecular flexibility index (Phi) is 7.10. The van der Waals surface area contributed by atoms with Gasteiger partial charge in [-0.1, -0.05) is 13.8 Å². The van der Waals surface area contributed by atoms with Crippen LogP contribution in [0.2, 0.25) is 0 Å². The van der Waals surface area contributed by atoms with Crippen LogP contribution in [-0.4, -0.2) is 48.2 Å². The number of benzene rings is 1. The largest absolute Gasteiger partial charge is 0.490 e. The van der Waals surface area contributed by atoms with Crippen molar-refractivity contribution in [2.75, 3.05) is 26.3 Å². The van der Waals surface area contributed by atoms with Crippen molar-refractivity contribution in [2.24, 2.45) is 5.92 Å². The third kappa shape index (κ3) is 5.11. The van der Waals surface area contributed by atoms with Crippen molar-refractivity contribution >= 4 is 11.9 Å². The number of nitrogens with zero attached hydrogens (tertiary/aromatic N) is 1. The maximum Gasteiger partial charge on any atom is 0.308 e. The second-order valence-electron chi connectivity index (χ2n) is 6.29. The number of carbonyl (C=O) groups excluding carboxylic acids is 1. The summed E-state index contributed by atoms with van der Waals surface area (Å²) < 4.78 is 11.4. The van der Waals surface area contributed by atoms with Gasteiger partial charge in [0.15, 0.2) is 11.5 Å². The molecule has 0 saturated carbocycles. The summed E-state index contributed by atoms with van der Waals surface area (Å²) in [7, 11) is 0. The molecule has 0 aromatic heterocycles. The molecule has 1 aromatic carbocycles. The lowest BCUT2D eigenvalue weighted by Crippen LogP contribution is -2.42. The lowest BCUT2D eigenvalue weighted by atomic mass is 9.97. The Morgan fingerprint density at radius 1 is 1.16 bits per heavy atom. The highest BCUT2D eigenvalue weighted by molar-refractivity contribution is 5.95. The molecule has 1 aliphatic heterocycles. The van der Waals surface area contributed by atoms with Gasteiger partial charge in [0.2, 0.25) is 0 Å². The topological polar surface area (TPSA) is 76.1 Å². The summed E-state index contributed by atoms with van der Waals surface area (Å²) >= 11 is 0. The van der Waals surface area contributed by atoms with Crippen LogP contribution in [0.1, 0.15) is 49.9 Å². The van der Waals surface area contributed by atoms with Crippen LogP contribution in [0.3, 0.4) is 0 Å². The average molecular weight is 349 g/mol. The van der Waals surface area contributed by atoms with Crippen molar-refractivity contribution < 1.29 is 24.2 Å². The molecule has 6 nitrogen and oxygen atoms in total. The number of likely N-dealkylation sites (tertiary alicyclic amines) is 1. The highest BCUT2D eigenvalue weighted by Gasteiger charge is 2.29. The first-order chi connectivity index (χ1) is 12.1. The number of carboxylic acids is 1. The second-order valence-corrected chi connectivity index (χ2v) is 6.29. The average Bonchev–Trinajstić information content (AvgIpc) is 2.64. The summed E-state index contributed by atoms with van der Waals surface area (Å²) in [6, 6.07) is 5.18. The van der Waals surface area contributed by atoms with E-state index in [1.54, 1.807) is 23.1 Å². The van der Waals surface area contributed by atoms with Gasteiger partial charge in [-0.15, -0.1) is 0 Å². The standard InChI is InChI=1S/C19H27NO5/c1-3-10-24-16-8-7-14(12-17(16)25-11-4-2)18(21)20-9-5-6-15(13-20)19(22)23/h7-8,12,15H,3-6,9-11,13H2,1-2H3,(H,22,23)/t15-/m0/s1. The second kappa shape index (κ2) is 9.30. The molecule has 1 amide bonds. The highest BCUT2D eigenvalue weighted by atomic mass is 16.5. The van der Waals surface area contributed by atoms with E-state index in [1.165, 1.54) is 0 Å². The Bertz CT molecular complexity index is 601. The quantitative estimate of drug-likeness (QED) is 0.780. The van der Waals surface area contributed by atoms with E-state index >= 15 is 0 Å². The molecule has 138 valence electrons. The Hall–Kier alpha value is -2.24. The van der Waals surface area contributed by atoms with E-state index < -0.39 is 11.9 Å². The van der Waals surface area contributed by atoms with Gasteiger partial charge < -0.3 is 19.5 Å². The van der Waals surface area contributed by atoms with E-state index in [-0.39, 0.29) is 12.5 Å². The fourth-order valence-electron chi connectivity index (χ4n) is 2.84. The number of hydrogen-bond acceptors (Lipinski definition) is 4. The normalized spacial score (nSPS) is 17.2. The first-order valence-electron chi connectivity index (χ1n) is 8.98. The fourth-order valence-corrected chi connectivity index (χ4v) is 2.84. The molecule has 0 bridgehead atoms. The smallest absolute Gasteiger partial charge is 0.308 e. The molecule has 1 aromatic rings. The molecule has 1 fully saturated rings. The van der Waals surface area contributed by atoms with Gasteiger partial charge in [-0.25, -0.2) is 0 Å². The molecule has 6 heteroatoms. The zero-order chi connectivity index (χ0) is 18.2. The summed E-state index contributed by atoms with van der Waals surface area (Å²) in [6.45, 7) is 6.02. The minimum Gasteiger partial charge on any atom is -0.490 e. The Morgan fingerprint density at radius 2 is 1.84 bits per heavy atom. The molecule has 0 unspecified atom stereocenters. The summed E-state index contributed by atoms with van der Waals surface area (Å²) in [4.78, 5) is 25.6. The number of amides is 1. The summed E-state index contributed by atoms with van der Waals surface area (Å²) in [5.41, 5.74) is 0.501. The fraction of sp³-hybridized carbons (Fsp3) is 0.579. The van der Waals surface area contributed by atoms with Crippen LogP contribution in [0.4, 0.5) is 0 Å². The monoisotopic (exact) mass is 349 g/mol. The van der Waals surface area contributed by atoms with Gasteiger partial charge in [0, 0.05) is 18.7 Å². The highest BCUT2D eigenvalue weighted by Crippen LogP contribution is 2.30. The summed E-state index contributed by atoms with van der Waals surface area (Å²) in [6.07, 6.45) is 3.07. The number of carbonyl (C=O) groups is 2. The molecule has 0 spiro atoms. The van der Waals surface area contributed by atoms with Gasteiger partial charge >= 0.3 is 5.97 Å². The first-order valence-corrected chi connectivity index (χ1v) is 8.98. The van der Waals surface area contributed by atoms with Gasteiger partial charge in [0.1, 0.15) is 0 Å². The molecular weight excluding hydrogens is 322 g/mol. The van der Waals surface area contributed by atoms with Gasteiger partial charge in [0.25, 0.3) is 5.91 Å². The van der Waals surface area contributed by atoms with E-state index in [9.17, 15) is 14.7 Å². The Balaban J connectivity index is 2.16. The van der Waals surface area contributed by atoms with E-state index in [4.69, 9.17) is 9.47 Å². The van der Waals surface area contributed by atoms with Gasteiger partial charge in [-0.05, 0) is 43.9 Å². The lowest BCUT2D eigenvalue weighted by molar-refractivity contribution is -0.143. The van der Waals surface area contributed by atoms with Crippen molar-refractivity contribution in [1.29, 1.82) is 0 Å². The van der Waals surface area contributed by atoms with Gasteiger partial charge in [-0.2, -0.15) is 0 Å². The van der Waals surface area contributed by atoms with Crippen molar-refractivity contribution in [3.8, 4) is 11.5 Å². The molecule has 25 heavy (non-hydrogen) atoms. The van der Waals surface area contributed by atoms with Gasteiger partial charge in [-0.3, -0.25) is 9.59 Å². The zero-order valence-corrected chi connectivity index (χ0v) is 15.0. The van der Waals surface area contributed by atoms with Crippen LogP contribution < -0.4 is 9.47 Å². The molecule has 1 saturated heterocycles. The maximum absolute atomic E-state index is 12.8. The molecule has 1 atom stereocenters. The van der Waals surface area contributed by atoms with Crippen LogP contribution in [0.5, 0.6) is 11.5 Å². The lowest BCUT2D eigenvalue weighted by Gasteiger charge is -2.31. The van der Waals surface area contributed by atoms with E-state index in [0.717, 1.165) is 12.8 Å². The predicted molar refractivity (Wildman–Crippen MR) is 94.3 cm³/mol. The molecule has 1 heterocycles. The summed E-state index contributed by atoms with van der Waals surface area (Å²) in [5.74, 6) is -0.287. The number of aliphatic carboxylic acids is 1. The van der Waals surface area contributed by atoms with E-state index in [2.05, 4.69) is 0 Å². The number of carboxylic acid groups (broad SMARTS) is 1. The Labute approximate surface area is 148 Å². The van der Waals surface area contributed by atoms with Crippen molar-refractivity contribution in [1.82, 2.24) is 4.90 Å². The molecule has 2 rings (SSSR count). The first kappa shape index (κ1) is 19.1. The third-order valence-electron chi connectivity index (χ3n) is 4.17.